The largest absolute Gasteiger partial charge is 0.398 e. The van der Waals surface area contributed by atoms with Crippen LogP contribution in [0.5, 0.6) is 0 Å². The van der Waals surface area contributed by atoms with E-state index < -0.39 is 5.60 Å². The van der Waals surface area contributed by atoms with Gasteiger partial charge in [-0.25, -0.2) is 0 Å². The average molecular weight is 271 g/mol. The third-order valence-corrected chi connectivity index (χ3v) is 6.38. The third-order valence-electron chi connectivity index (χ3n) is 6.38. The maximum atomic E-state index is 11.3. The van der Waals surface area contributed by atoms with Crippen molar-refractivity contribution < 1.29 is 5.11 Å². The average Bonchev–Trinajstić information content (AvgIpc) is 2.37. The van der Waals surface area contributed by atoms with Crippen molar-refractivity contribution in [2.24, 2.45) is 29.6 Å². The molecule has 1 aromatic carbocycles. The molecule has 5 rings (SSSR count). The second kappa shape index (κ2) is 4.24. The van der Waals surface area contributed by atoms with Gasteiger partial charge in [0.2, 0.25) is 0 Å². The molecule has 1 aromatic rings. The molecule has 4 aliphatic carbocycles. The Hall–Kier alpha value is -1.02. The first-order valence-electron chi connectivity index (χ1n) is 8.13. The van der Waals surface area contributed by atoms with Crippen LogP contribution in [0.1, 0.15) is 44.6 Å². The standard InChI is InChI=1S/C18H25NO/c1-18(20,15-4-2-3-5-16(15)19)17-13-7-11-6-12(9-13)10-14(17)8-11/h2-5,11-14,17,20H,6-10,19H2,1H3. The molecular formula is C18H25NO. The number of aliphatic hydroxyl groups is 1. The SMILES string of the molecule is CC(O)(c1ccccc1N)C1C2CC3CC(C2)CC1C3. The van der Waals surface area contributed by atoms with E-state index in [2.05, 4.69) is 0 Å². The molecule has 4 bridgehead atoms. The summed E-state index contributed by atoms with van der Waals surface area (Å²) in [6.07, 6.45) is 6.79. The Morgan fingerprint density at radius 1 is 1.00 bits per heavy atom. The number of nitrogens with two attached hydrogens (primary N) is 1. The fraction of sp³-hybridized carbons (Fsp3) is 0.667. The van der Waals surface area contributed by atoms with Gasteiger partial charge in [-0.3, -0.25) is 0 Å². The highest BCUT2D eigenvalue weighted by Crippen LogP contribution is 2.60. The van der Waals surface area contributed by atoms with Crippen LogP contribution in [0.3, 0.4) is 0 Å². The Morgan fingerprint density at radius 2 is 1.55 bits per heavy atom. The molecule has 0 aromatic heterocycles. The molecule has 0 saturated heterocycles. The van der Waals surface area contributed by atoms with Gasteiger partial charge < -0.3 is 10.8 Å². The molecule has 2 heteroatoms. The maximum absolute atomic E-state index is 11.3. The molecule has 4 aliphatic rings. The number of hydrogen-bond acceptors (Lipinski definition) is 2. The van der Waals surface area contributed by atoms with Crippen LogP contribution in [0.4, 0.5) is 5.69 Å². The van der Waals surface area contributed by atoms with Crippen LogP contribution in [0.15, 0.2) is 24.3 Å². The topological polar surface area (TPSA) is 46.2 Å². The molecule has 2 nitrogen and oxygen atoms in total. The maximum Gasteiger partial charge on any atom is 0.0921 e. The normalized spacial score (nSPS) is 41.6. The van der Waals surface area contributed by atoms with Crippen molar-refractivity contribution in [3.05, 3.63) is 29.8 Å². The first-order chi connectivity index (χ1) is 9.55. The molecule has 1 unspecified atom stereocenters. The molecule has 108 valence electrons. The Kier molecular flexibility index (Phi) is 2.69. The highest BCUT2D eigenvalue weighted by atomic mass is 16.3. The molecule has 0 spiro atoms. The van der Waals surface area contributed by atoms with Crippen molar-refractivity contribution in [1.82, 2.24) is 0 Å². The molecule has 0 heterocycles. The molecule has 0 amide bonds. The van der Waals surface area contributed by atoms with Gasteiger partial charge in [0.1, 0.15) is 0 Å². The van der Waals surface area contributed by atoms with Crippen molar-refractivity contribution in [3.63, 3.8) is 0 Å². The number of para-hydroxylation sites is 1. The van der Waals surface area contributed by atoms with Gasteiger partial charge in [-0.2, -0.15) is 0 Å². The molecule has 4 fully saturated rings. The van der Waals surface area contributed by atoms with E-state index in [-0.39, 0.29) is 0 Å². The monoisotopic (exact) mass is 271 g/mol. The smallest absolute Gasteiger partial charge is 0.0921 e. The number of anilines is 1. The van der Waals surface area contributed by atoms with E-state index in [1.807, 2.05) is 31.2 Å². The number of hydrogen-bond donors (Lipinski definition) is 2. The minimum atomic E-state index is -0.770. The van der Waals surface area contributed by atoms with Crippen LogP contribution in [-0.4, -0.2) is 5.11 Å². The highest BCUT2D eigenvalue weighted by molar-refractivity contribution is 5.49. The van der Waals surface area contributed by atoms with Crippen molar-refractivity contribution in [2.45, 2.75) is 44.6 Å². The van der Waals surface area contributed by atoms with Gasteiger partial charge >= 0.3 is 0 Å². The molecule has 0 aliphatic heterocycles. The van der Waals surface area contributed by atoms with E-state index in [1.54, 1.807) is 0 Å². The van der Waals surface area contributed by atoms with Crippen molar-refractivity contribution in [3.8, 4) is 0 Å². The minimum Gasteiger partial charge on any atom is -0.398 e. The van der Waals surface area contributed by atoms with Gasteiger partial charge in [-0.05, 0) is 74.7 Å². The predicted molar refractivity (Wildman–Crippen MR) is 81.0 cm³/mol. The summed E-state index contributed by atoms with van der Waals surface area (Å²) in [5.41, 5.74) is 7.05. The Balaban J connectivity index is 1.71. The number of rotatable bonds is 2. The van der Waals surface area contributed by atoms with E-state index in [4.69, 9.17) is 5.73 Å². The molecule has 4 saturated carbocycles. The first-order valence-corrected chi connectivity index (χ1v) is 8.13. The van der Waals surface area contributed by atoms with Crippen LogP contribution in [0.2, 0.25) is 0 Å². The summed E-state index contributed by atoms with van der Waals surface area (Å²) < 4.78 is 0. The van der Waals surface area contributed by atoms with Crippen LogP contribution in [0.25, 0.3) is 0 Å². The lowest BCUT2D eigenvalue weighted by Gasteiger charge is -2.58. The van der Waals surface area contributed by atoms with Crippen LogP contribution >= 0.6 is 0 Å². The molecule has 20 heavy (non-hydrogen) atoms. The lowest BCUT2D eigenvalue weighted by molar-refractivity contribution is -0.138. The van der Waals surface area contributed by atoms with Crippen molar-refractivity contribution in [1.29, 1.82) is 0 Å². The third kappa shape index (κ3) is 1.74. The fourth-order valence-corrected chi connectivity index (χ4v) is 5.98. The number of benzene rings is 1. The van der Waals surface area contributed by atoms with E-state index >= 15 is 0 Å². The Labute approximate surface area is 121 Å². The first kappa shape index (κ1) is 12.7. The summed E-state index contributed by atoms with van der Waals surface area (Å²) in [6, 6.07) is 7.88. The Bertz CT molecular complexity index is 494. The summed E-state index contributed by atoms with van der Waals surface area (Å²) in [5, 5.41) is 11.3. The van der Waals surface area contributed by atoms with E-state index in [0.717, 1.165) is 23.1 Å². The van der Waals surface area contributed by atoms with E-state index in [1.165, 1.54) is 32.1 Å². The van der Waals surface area contributed by atoms with Gasteiger partial charge in [0.05, 0.1) is 5.60 Å². The van der Waals surface area contributed by atoms with Gasteiger partial charge in [0, 0.05) is 11.3 Å². The molecule has 3 N–H and O–H groups in total. The zero-order valence-electron chi connectivity index (χ0n) is 12.3. The quantitative estimate of drug-likeness (QED) is 0.808. The zero-order chi connectivity index (χ0) is 13.9. The van der Waals surface area contributed by atoms with E-state index in [0.29, 0.717) is 17.8 Å². The van der Waals surface area contributed by atoms with Gasteiger partial charge in [-0.1, -0.05) is 18.2 Å². The number of nitrogen functional groups attached to an aromatic ring is 1. The van der Waals surface area contributed by atoms with E-state index in [9.17, 15) is 5.11 Å². The zero-order valence-corrected chi connectivity index (χ0v) is 12.3. The molecule has 0 radical (unpaired) electrons. The summed E-state index contributed by atoms with van der Waals surface area (Å²) in [7, 11) is 0. The summed E-state index contributed by atoms with van der Waals surface area (Å²) in [6.45, 7) is 2.01. The van der Waals surface area contributed by atoms with Gasteiger partial charge in [-0.15, -0.1) is 0 Å². The predicted octanol–water partition coefficient (Wildman–Crippen LogP) is 3.55. The summed E-state index contributed by atoms with van der Waals surface area (Å²) >= 11 is 0. The molecule has 1 atom stereocenters. The molecular weight excluding hydrogens is 246 g/mol. The lowest BCUT2D eigenvalue weighted by atomic mass is 9.48. The summed E-state index contributed by atoms with van der Waals surface area (Å²) in [4.78, 5) is 0. The van der Waals surface area contributed by atoms with Crippen molar-refractivity contribution in [2.75, 3.05) is 5.73 Å². The van der Waals surface area contributed by atoms with Crippen molar-refractivity contribution >= 4 is 5.69 Å². The van der Waals surface area contributed by atoms with Gasteiger partial charge in [0.15, 0.2) is 0 Å². The summed E-state index contributed by atoms with van der Waals surface area (Å²) in [5.74, 6) is 3.71. The minimum absolute atomic E-state index is 0.403. The Morgan fingerprint density at radius 3 is 2.10 bits per heavy atom. The van der Waals surface area contributed by atoms with Crippen LogP contribution in [0, 0.1) is 29.6 Å². The second-order valence-electron chi connectivity index (χ2n) is 7.69. The fourth-order valence-electron chi connectivity index (χ4n) is 5.98. The second-order valence-corrected chi connectivity index (χ2v) is 7.69. The van der Waals surface area contributed by atoms with Crippen LogP contribution in [-0.2, 0) is 5.60 Å². The lowest BCUT2D eigenvalue weighted by Crippen LogP contribution is -2.52. The highest BCUT2D eigenvalue weighted by Gasteiger charge is 2.54. The van der Waals surface area contributed by atoms with Crippen LogP contribution < -0.4 is 5.73 Å². The van der Waals surface area contributed by atoms with Gasteiger partial charge in [0.25, 0.3) is 0 Å².